The molecule has 0 radical (unpaired) electrons. The van der Waals surface area contributed by atoms with E-state index in [0.717, 1.165) is 23.8 Å². The van der Waals surface area contributed by atoms with Gasteiger partial charge in [-0.2, -0.15) is 0 Å². The van der Waals surface area contributed by atoms with Crippen molar-refractivity contribution in [3.05, 3.63) is 46.8 Å². The number of benzene rings is 1. The zero-order valence-corrected chi connectivity index (χ0v) is 16.2. The molecule has 2 aromatic rings. The number of carbonyl (C=O) groups is 1. The van der Waals surface area contributed by atoms with Crippen LogP contribution in [0.3, 0.4) is 0 Å². The second kappa shape index (κ2) is 7.99. The summed E-state index contributed by atoms with van der Waals surface area (Å²) in [5.74, 6) is 1.99. The molecule has 26 heavy (non-hydrogen) atoms. The highest BCUT2D eigenvalue weighted by Crippen LogP contribution is 2.30. The van der Waals surface area contributed by atoms with Gasteiger partial charge in [-0.15, -0.1) is 22.9 Å². The van der Waals surface area contributed by atoms with Crippen molar-refractivity contribution in [1.82, 2.24) is 10.2 Å². The molecular formula is C20H23ClN2O2S. The Morgan fingerprint density at radius 2 is 2.04 bits per heavy atom. The zero-order chi connectivity index (χ0) is 17.9. The summed E-state index contributed by atoms with van der Waals surface area (Å²) in [6.45, 7) is 3.34. The predicted molar refractivity (Wildman–Crippen MR) is 106 cm³/mol. The summed E-state index contributed by atoms with van der Waals surface area (Å²) >= 11 is 7.33. The van der Waals surface area contributed by atoms with Crippen molar-refractivity contribution in [2.75, 3.05) is 25.5 Å². The number of amides is 1. The topological polar surface area (TPSA) is 41.6 Å². The van der Waals surface area contributed by atoms with E-state index in [9.17, 15) is 4.79 Å². The van der Waals surface area contributed by atoms with E-state index < -0.39 is 0 Å². The fourth-order valence-electron chi connectivity index (χ4n) is 3.82. The van der Waals surface area contributed by atoms with Crippen LogP contribution in [0.15, 0.2) is 35.7 Å². The van der Waals surface area contributed by atoms with E-state index in [2.05, 4.69) is 15.6 Å². The largest absolute Gasteiger partial charge is 0.447 e. The number of nitrogens with zero attached hydrogens (tertiary/aromatic N) is 1. The monoisotopic (exact) mass is 390 g/mol. The number of nitrogens with one attached hydrogen (secondary N) is 1. The first kappa shape index (κ1) is 17.8. The van der Waals surface area contributed by atoms with Crippen LogP contribution in [-0.4, -0.2) is 42.4 Å². The first-order valence-corrected chi connectivity index (χ1v) is 10.6. The van der Waals surface area contributed by atoms with E-state index >= 15 is 0 Å². The fraction of sp³-hybridized carbons (Fsp3) is 0.450. The molecule has 6 heteroatoms. The van der Waals surface area contributed by atoms with Gasteiger partial charge in [0.15, 0.2) is 5.06 Å². The van der Waals surface area contributed by atoms with Crippen molar-refractivity contribution in [1.29, 1.82) is 0 Å². The fourth-order valence-corrected chi connectivity index (χ4v) is 4.85. The molecule has 0 aliphatic carbocycles. The third-order valence-corrected chi connectivity index (χ3v) is 6.36. The number of aryl methyl sites for hydroxylation is 1. The highest BCUT2D eigenvalue weighted by atomic mass is 35.5. The quantitative estimate of drug-likeness (QED) is 0.753. The third kappa shape index (κ3) is 4.05. The highest BCUT2D eigenvalue weighted by molar-refractivity contribution is 7.12. The summed E-state index contributed by atoms with van der Waals surface area (Å²) in [7, 11) is 0. The van der Waals surface area contributed by atoms with E-state index in [1.807, 2.05) is 30.3 Å². The number of ether oxygens (including phenoxy) is 1. The lowest BCUT2D eigenvalue weighted by Gasteiger charge is -2.44. The molecule has 1 aromatic heterocycles. The number of alkyl halides is 1. The number of rotatable bonds is 6. The van der Waals surface area contributed by atoms with Gasteiger partial charge in [0.25, 0.3) is 5.91 Å². The third-order valence-electron chi connectivity index (χ3n) is 5.32. The van der Waals surface area contributed by atoms with Crippen LogP contribution in [0.25, 0.3) is 0 Å². The normalized spacial score (nSPS) is 24.4. The molecule has 1 N–H and O–H groups in total. The Bertz CT molecular complexity index is 753. The predicted octanol–water partition coefficient (Wildman–Crippen LogP) is 4.15. The molecule has 4 nitrogen and oxygen atoms in total. The average Bonchev–Trinajstić information content (AvgIpc) is 3.10. The smallest absolute Gasteiger partial charge is 0.251 e. The number of halogens is 1. The van der Waals surface area contributed by atoms with E-state index in [0.29, 0.717) is 17.4 Å². The maximum atomic E-state index is 12.6. The Labute approximate surface area is 163 Å². The van der Waals surface area contributed by atoms with E-state index in [1.54, 1.807) is 11.3 Å². The van der Waals surface area contributed by atoms with Gasteiger partial charge in [-0.25, -0.2) is 0 Å². The number of piperidine rings is 3. The van der Waals surface area contributed by atoms with Gasteiger partial charge in [0.1, 0.15) is 5.75 Å². The van der Waals surface area contributed by atoms with Crippen LogP contribution in [0.5, 0.6) is 10.8 Å². The molecule has 3 fully saturated rings. The number of hydrogen-bond acceptors (Lipinski definition) is 4. The van der Waals surface area contributed by atoms with Crippen molar-refractivity contribution in [2.24, 2.45) is 5.92 Å². The van der Waals surface area contributed by atoms with Crippen molar-refractivity contribution < 1.29 is 9.53 Å². The number of fused-ring (bicyclic) bond motifs is 3. The molecule has 0 unspecified atom stereocenters. The lowest BCUT2D eigenvalue weighted by molar-refractivity contribution is 0.0620. The van der Waals surface area contributed by atoms with Gasteiger partial charge in [-0.05, 0) is 79.5 Å². The van der Waals surface area contributed by atoms with Crippen molar-refractivity contribution >= 4 is 28.8 Å². The zero-order valence-electron chi connectivity index (χ0n) is 14.6. The first-order valence-electron chi connectivity index (χ1n) is 9.16. The molecule has 3 saturated heterocycles. The summed E-state index contributed by atoms with van der Waals surface area (Å²) in [5, 5.41) is 6.13. The standard InChI is InChI=1S/C20H23ClN2O2S/c21-8-5-14-11-19(26-13-14)25-17-3-1-16(2-4-17)20(24)22-18-12-23-9-6-15(18)7-10-23/h1-4,11,13,15,18H,5-10,12H2,(H,22,24)/t18-/m0/s1. The SMILES string of the molecule is O=C(N[C@H]1CN2CCC1CC2)c1ccc(Oc2cc(CCCl)cs2)cc1. The Hall–Kier alpha value is -1.56. The van der Waals surface area contributed by atoms with Crippen LogP contribution < -0.4 is 10.1 Å². The van der Waals surface area contributed by atoms with Gasteiger partial charge in [0.2, 0.25) is 0 Å². The molecular weight excluding hydrogens is 368 g/mol. The van der Waals surface area contributed by atoms with Crippen LogP contribution in [0, 0.1) is 5.92 Å². The van der Waals surface area contributed by atoms with Crippen LogP contribution in [0.1, 0.15) is 28.8 Å². The van der Waals surface area contributed by atoms with Crippen LogP contribution in [-0.2, 0) is 6.42 Å². The summed E-state index contributed by atoms with van der Waals surface area (Å²) in [6.07, 6.45) is 3.24. The second-order valence-corrected chi connectivity index (χ2v) is 8.31. The maximum absolute atomic E-state index is 12.6. The molecule has 1 aromatic carbocycles. The summed E-state index contributed by atoms with van der Waals surface area (Å²) in [5.41, 5.74) is 1.87. The maximum Gasteiger partial charge on any atom is 0.251 e. The molecule has 1 atom stereocenters. The van der Waals surface area contributed by atoms with Gasteiger partial charge in [-0.3, -0.25) is 4.79 Å². The average molecular weight is 391 g/mol. The van der Waals surface area contributed by atoms with Crippen LogP contribution in [0.4, 0.5) is 0 Å². The molecule has 2 bridgehead atoms. The number of thiophene rings is 1. The molecule has 0 saturated carbocycles. The van der Waals surface area contributed by atoms with E-state index in [4.69, 9.17) is 16.3 Å². The lowest BCUT2D eigenvalue weighted by Crippen LogP contribution is -2.57. The van der Waals surface area contributed by atoms with Gasteiger partial charge in [0, 0.05) is 24.0 Å². The van der Waals surface area contributed by atoms with Gasteiger partial charge < -0.3 is 15.0 Å². The van der Waals surface area contributed by atoms with Crippen LogP contribution in [0.2, 0.25) is 0 Å². The Kier molecular flexibility index (Phi) is 5.48. The Morgan fingerprint density at radius 1 is 1.27 bits per heavy atom. The lowest BCUT2D eigenvalue weighted by atomic mass is 9.84. The number of carbonyl (C=O) groups excluding carboxylic acids is 1. The Balaban J connectivity index is 1.35. The van der Waals surface area contributed by atoms with Gasteiger partial charge >= 0.3 is 0 Å². The molecule has 138 valence electrons. The van der Waals surface area contributed by atoms with Gasteiger partial charge in [0.05, 0.1) is 0 Å². The molecule has 1 amide bonds. The van der Waals surface area contributed by atoms with Crippen molar-refractivity contribution in [3.8, 4) is 10.8 Å². The second-order valence-electron chi connectivity index (χ2n) is 7.06. The molecule has 3 aliphatic heterocycles. The minimum absolute atomic E-state index is 0.0100. The van der Waals surface area contributed by atoms with E-state index in [1.165, 1.54) is 31.5 Å². The van der Waals surface area contributed by atoms with Crippen molar-refractivity contribution in [3.63, 3.8) is 0 Å². The molecule has 4 heterocycles. The Morgan fingerprint density at radius 3 is 2.69 bits per heavy atom. The first-order chi connectivity index (χ1) is 12.7. The number of hydrogen-bond donors (Lipinski definition) is 1. The minimum Gasteiger partial charge on any atom is -0.447 e. The van der Waals surface area contributed by atoms with Crippen molar-refractivity contribution in [2.45, 2.75) is 25.3 Å². The molecule has 5 rings (SSSR count). The summed E-state index contributed by atoms with van der Waals surface area (Å²) in [6, 6.07) is 9.67. The van der Waals surface area contributed by atoms with Gasteiger partial charge in [-0.1, -0.05) is 0 Å². The highest BCUT2D eigenvalue weighted by Gasteiger charge is 2.34. The summed E-state index contributed by atoms with van der Waals surface area (Å²) in [4.78, 5) is 15.0. The molecule has 3 aliphatic rings. The minimum atomic E-state index is 0.0100. The van der Waals surface area contributed by atoms with Crippen LogP contribution >= 0.6 is 22.9 Å². The molecule has 0 spiro atoms. The van der Waals surface area contributed by atoms with E-state index in [-0.39, 0.29) is 11.9 Å². The summed E-state index contributed by atoms with van der Waals surface area (Å²) < 4.78 is 5.87.